The van der Waals surface area contributed by atoms with Crippen LogP contribution < -0.4 is 17.1 Å². The number of hydrogen-bond acceptors (Lipinski definition) is 7. The predicted octanol–water partition coefficient (Wildman–Crippen LogP) is 3.00. The number of aliphatic hydroxyl groups is 1. The quantitative estimate of drug-likeness (QED) is 0.527. The second-order valence-electron chi connectivity index (χ2n) is 12.5. The third-order valence-corrected chi connectivity index (χ3v) is 10.9. The van der Waals surface area contributed by atoms with Gasteiger partial charge in [-0.25, -0.2) is 4.79 Å². The van der Waals surface area contributed by atoms with Crippen LogP contribution in [0.15, 0.2) is 27.6 Å². The second kappa shape index (κ2) is 8.98. The van der Waals surface area contributed by atoms with Gasteiger partial charge in [0, 0.05) is 11.5 Å². The molecule has 0 aliphatic heterocycles. The molecule has 4 aliphatic rings. The van der Waals surface area contributed by atoms with Gasteiger partial charge in [0.2, 0.25) is 5.91 Å². The van der Waals surface area contributed by atoms with Crippen LogP contribution >= 0.6 is 0 Å². The Morgan fingerprint density at radius 2 is 1.89 bits per heavy atom. The lowest BCUT2D eigenvalue weighted by Crippen LogP contribution is -2.62. The first kappa shape index (κ1) is 25.5. The average Bonchev–Trinajstić information content (AvgIpc) is 3.10. The Hall–Kier alpha value is -2.19. The standard InChI is InChI=1S/C28H40N2O6/c1-26-10-7-18(36-25(33)22(29)14-23(30)31)13-17(26)4-5-21-20(26)8-11-27(2)19(9-12-28(21,27)34)16-3-6-24(32)35-15-16/h3,6,15,17-22,34H,4-5,7-14,29H2,1-2H3,(H2,30,31). The number of rotatable bonds is 5. The van der Waals surface area contributed by atoms with E-state index in [0.29, 0.717) is 11.8 Å². The van der Waals surface area contributed by atoms with Gasteiger partial charge >= 0.3 is 11.6 Å². The minimum absolute atomic E-state index is 0.0931. The molecule has 4 saturated carbocycles. The van der Waals surface area contributed by atoms with Crippen molar-refractivity contribution in [3.8, 4) is 0 Å². The Kier molecular flexibility index (Phi) is 6.35. The van der Waals surface area contributed by atoms with Gasteiger partial charge < -0.3 is 25.7 Å². The van der Waals surface area contributed by atoms with Crippen LogP contribution in [-0.4, -0.2) is 34.7 Å². The number of carbonyl (C=O) groups is 2. The van der Waals surface area contributed by atoms with Crippen molar-refractivity contribution < 1.29 is 23.8 Å². The topological polar surface area (TPSA) is 146 Å². The Morgan fingerprint density at radius 3 is 2.58 bits per heavy atom. The van der Waals surface area contributed by atoms with E-state index in [1.807, 2.05) is 6.07 Å². The number of primary amides is 1. The van der Waals surface area contributed by atoms with Crippen molar-refractivity contribution in [1.82, 2.24) is 0 Å². The predicted molar refractivity (Wildman–Crippen MR) is 133 cm³/mol. The Balaban J connectivity index is 1.31. The van der Waals surface area contributed by atoms with Gasteiger partial charge in [-0.15, -0.1) is 0 Å². The van der Waals surface area contributed by atoms with Crippen LogP contribution in [0.3, 0.4) is 0 Å². The minimum Gasteiger partial charge on any atom is -0.461 e. The molecule has 0 bridgehead atoms. The number of esters is 1. The molecule has 4 fully saturated rings. The van der Waals surface area contributed by atoms with E-state index in [2.05, 4.69) is 13.8 Å². The molecule has 36 heavy (non-hydrogen) atoms. The van der Waals surface area contributed by atoms with E-state index in [4.69, 9.17) is 20.6 Å². The lowest BCUT2D eigenvalue weighted by molar-refractivity contribution is -0.207. The summed E-state index contributed by atoms with van der Waals surface area (Å²) < 4.78 is 10.9. The first-order valence-electron chi connectivity index (χ1n) is 13.5. The fraction of sp³-hybridized carbons (Fsp3) is 0.750. The number of carbonyl (C=O) groups excluding carboxylic acids is 2. The summed E-state index contributed by atoms with van der Waals surface area (Å²) in [5, 5.41) is 12.3. The van der Waals surface area contributed by atoms with Gasteiger partial charge in [-0.3, -0.25) is 9.59 Å². The summed E-state index contributed by atoms with van der Waals surface area (Å²) in [7, 11) is 0. The molecule has 0 spiro atoms. The second-order valence-corrected chi connectivity index (χ2v) is 12.5. The first-order chi connectivity index (χ1) is 17.0. The molecule has 1 aromatic heterocycles. The maximum Gasteiger partial charge on any atom is 0.335 e. The maximum atomic E-state index is 12.4. The molecule has 1 amide bonds. The van der Waals surface area contributed by atoms with Gasteiger partial charge in [-0.2, -0.15) is 0 Å². The molecule has 0 aromatic carbocycles. The van der Waals surface area contributed by atoms with E-state index >= 15 is 0 Å². The van der Waals surface area contributed by atoms with E-state index in [9.17, 15) is 19.5 Å². The summed E-state index contributed by atoms with van der Waals surface area (Å²) in [6.45, 7) is 4.63. The molecule has 4 aliphatic carbocycles. The molecule has 9 unspecified atom stereocenters. The van der Waals surface area contributed by atoms with E-state index in [1.54, 1.807) is 6.26 Å². The molecule has 8 nitrogen and oxygen atoms in total. The minimum atomic E-state index is -1.01. The highest BCUT2D eigenvalue weighted by Gasteiger charge is 2.67. The zero-order valence-corrected chi connectivity index (χ0v) is 21.4. The van der Waals surface area contributed by atoms with Gasteiger partial charge in [0.25, 0.3) is 0 Å². The molecule has 1 heterocycles. The Bertz CT molecular complexity index is 1070. The van der Waals surface area contributed by atoms with Crippen molar-refractivity contribution >= 4 is 11.9 Å². The van der Waals surface area contributed by atoms with Crippen molar-refractivity contribution in [2.24, 2.45) is 40.1 Å². The number of amides is 1. The molecule has 5 N–H and O–H groups in total. The fourth-order valence-electron chi connectivity index (χ4n) is 8.95. The van der Waals surface area contributed by atoms with Crippen LogP contribution in [0, 0.1) is 28.6 Å². The molecule has 198 valence electrons. The van der Waals surface area contributed by atoms with Crippen molar-refractivity contribution in [3.05, 3.63) is 34.4 Å². The van der Waals surface area contributed by atoms with Crippen LogP contribution in [0.1, 0.15) is 89.5 Å². The first-order valence-corrected chi connectivity index (χ1v) is 13.5. The summed E-state index contributed by atoms with van der Waals surface area (Å²) in [6.07, 6.45) is 9.36. The van der Waals surface area contributed by atoms with Crippen molar-refractivity contribution in [2.75, 3.05) is 0 Å². The van der Waals surface area contributed by atoms with Crippen LogP contribution in [0.2, 0.25) is 0 Å². The molecule has 0 saturated heterocycles. The van der Waals surface area contributed by atoms with Gasteiger partial charge in [0.1, 0.15) is 12.1 Å². The van der Waals surface area contributed by atoms with Gasteiger partial charge in [0.15, 0.2) is 0 Å². The third kappa shape index (κ3) is 3.92. The summed E-state index contributed by atoms with van der Waals surface area (Å²) >= 11 is 0. The van der Waals surface area contributed by atoms with Crippen LogP contribution in [0.4, 0.5) is 0 Å². The normalized spacial score (nSPS) is 42.5. The highest BCUT2D eigenvalue weighted by atomic mass is 16.5. The summed E-state index contributed by atoms with van der Waals surface area (Å²) in [5.41, 5.74) is 10.7. The summed E-state index contributed by atoms with van der Waals surface area (Å²) in [6, 6.07) is 2.35. The summed E-state index contributed by atoms with van der Waals surface area (Å²) in [4.78, 5) is 35.0. The molecule has 0 radical (unpaired) electrons. The van der Waals surface area contributed by atoms with Crippen molar-refractivity contribution in [2.45, 2.75) is 102 Å². The fourth-order valence-corrected chi connectivity index (χ4v) is 8.95. The van der Waals surface area contributed by atoms with Crippen molar-refractivity contribution in [3.63, 3.8) is 0 Å². The number of nitrogens with two attached hydrogens (primary N) is 2. The monoisotopic (exact) mass is 500 g/mol. The molecular formula is C28H40N2O6. The van der Waals surface area contributed by atoms with E-state index in [1.165, 1.54) is 6.07 Å². The zero-order valence-electron chi connectivity index (χ0n) is 21.4. The van der Waals surface area contributed by atoms with Crippen LogP contribution in [0.25, 0.3) is 0 Å². The van der Waals surface area contributed by atoms with Gasteiger partial charge in [-0.1, -0.05) is 13.8 Å². The number of fused-ring (bicyclic) bond motifs is 5. The smallest absolute Gasteiger partial charge is 0.335 e. The molecule has 8 heteroatoms. The van der Waals surface area contributed by atoms with Crippen molar-refractivity contribution in [1.29, 1.82) is 0 Å². The SMILES string of the molecule is CC12CCC(OC(=O)C(N)CC(N)=O)CC1CCC1C2CCC2(C)C(c3ccc(=O)oc3)CCC12O. The molecular weight excluding hydrogens is 460 g/mol. The van der Waals surface area contributed by atoms with Gasteiger partial charge in [0.05, 0.1) is 18.3 Å². The number of ether oxygens (including phenoxy) is 1. The number of hydrogen-bond donors (Lipinski definition) is 3. The highest BCUT2D eigenvalue weighted by Crippen LogP contribution is 2.70. The third-order valence-electron chi connectivity index (χ3n) is 10.9. The van der Waals surface area contributed by atoms with E-state index < -0.39 is 23.5 Å². The average molecular weight is 501 g/mol. The lowest BCUT2D eigenvalue weighted by atomic mass is 9.43. The maximum absolute atomic E-state index is 12.4. The highest BCUT2D eigenvalue weighted by molar-refractivity contribution is 5.84. The Labute approximate surface area is 212 Å². The Morgan fingerprint density at radius 1 is 1.11 bits per heavy atom. The largest absolute Gasteiger partial charge is 0.461 e. The molecule has 5 rings (SSSR count). The van der Waals surface area contributed by atoms with Gasteiger partial charge in [-0.05, 0) is 98.5 Å². The summed E-state index contributed by atoms with van der Waals surface area (Å²) in [5.74, 6) is 0.107. The molecule has 9 atom stereocenters. The van der Waals surface area contributed by atoms with Crippen LogP contribution in [0.5, 0.6) is 0 Å². The zero-order chi connectivity index (χ0) is 25.9. The van der Waals surface area contributed by atoms with E-state index in [-0.39, 0.29) is 40.8 Å². The lowest BCUT2D eigenvalue weighted by Gasteiger charge is -2.63. The molecule has 1 aromatic rings. The van der Waals surface area contributed by atoms with Crippen LogP contribution in [-0.2, 0) is 14.3 Å². The van der Waals surface area contributed by atoms with E-state index in [0.717, 1.165) is 63.4 Å².